The van der Waals surface area contributed by atoms with Gasteiger partial charge in [-0.1, -0.05) is 6.92 Å². The van der Waals surface area contributed by atoms with Crippen molar-refractivity contribution in [1.82, 2.24) is 19.9 Å². The van der Waals surface area contributed by atoms with E-state index >= 15 is 0 Å². The van der Waals surface area contributed by atoms with E-state index in [0.717, 1.165) is 43.0 Å². The van der Waals surface area contributed by atoms with Crippen LogP contribution >= 0.6 is 0 Å². The Morgan fingerprint density at radius 2 is 2.25 bits per heavy atom. The van der Waals surface area contributed by atoms with E-state index in [-0.39, 0.29) is 0 Å². The van der Waals surface area contributed by atoms with Crippen LogP contribution in [0.1, 0.15) is 19.7 Å². The molecule has 0 aliphatic heterocycles. The zero-order chi connectivity index (χ0) is 11.4. The highest BCUT2D eigenvalue weighted by atomic mass is 15.1. The van der Waals surface area contributed by atoms with E-state index < -0.39 is 0 Å². The monoisotopic (exact) mass is 218 g/mol. The van der Waals surface area contributed by atoms with Gasteiger partial charge in [-0.3, -0.25) is 0 Å². The highest BCUT2D eigenvalue weighted by molar-refractivity contribution is 5.71. The summed E-state index contributed by atoms with van der Waals surface area (Å²) < 4.78 is 2.19. The molecule has 2 heterocycles. The van der Waals surface area contributed by atoms with Crippen LogP contribution in [0.4, 0.5) is 0 Å². The Bertz CT molecular complexity index is 461. The van der Waals surface area contributed by atoms with Crippen molar-refractivity contribution >= 4 is 11.2 Å². The van der Waals surface area contributed by atoms with Crippen LogP contribution in [0.2, 0.25) is 0 Å². The van der Waals surface area contributed by atoms with Crippen LogP contribution < -0.4 is 5.32 Å². The van der Waals surface area contributed by atoms with E-state index in [4.69, 9.17) is 0 Å². The maximum atomic E-state index is 4.62. The molecule has 0 fully saturated rings. The number of pyridine rings is 1. The molecule has 0 radical (unpaired) electrons. The average molecular weight is 218 g/mol. The molecule has 86 valence electrons. The first kappa shape index (κ1) is 11.1. The van der Waals surface area contributed by atoms with Crippen molar-refractivity contribution in [2.45, 2.75) is 26.8 Å². The highest BCUT2D eigenvalue weighted by Crippen LogP contribution is 2.13. The van der Waals surface area contributed by atoms with Crippen molar-refractivity contribution in [1.29, 1.82) is 0 Å². The third-order valence-electron chi connectivity index (χ3n) is 2.67. The highest BCUT2D eigenvalue weighted by Gasteiger charge is 2.08. The quantitative estimate of drug-likeness (QED) is 0.775. The zero-order valence-electron chi connectivity index (χ0n) is 9.90. The van der Waals surface area contributed by atoms with Crippen molar-refractivity contribution in [2.24, 2.45) is 0 Å². The number of nitrogens with one attached hydrogen (secondary N) is 1. The van der Waals surface area contributed by atoms with Gasteiger partial charge in [0.15, 0.2) is 5.65 Å². The summed E-state index contributed by atoms with van der Waals surface area (Å²) in [7, 11) is 0. The van der Waals surface area contributed by atoms with Crippen LogP contribution in [0.5, 0.6) is 0 Å². The maximum Gasteiger partial charge on any atom is 0.159 e. The molecular weight excluding hydrogens is 200 g/mol. The number of aryl methyl sites for hydroxylation is 1. The molecule has 0 unspecified atom stereocenters. The SMILES string of the molecule is CCNCCc1nc2cccnc2n1CC. The fourth-order valence-corrected chi connectivity index (χ4v) is 1.91. The number of imidazole rings is 1. The molecule has 1 N–H and O–H groups in total. The lowest BCUT2D eigenvalue weighted by Gasteiger charge is -2.05. The summed E-state index contributed by atoms with van der Waals surface area (Å²) in [6.07, 6.45) is 2.78. The normalized spacial score (nSPS) is 11.1. The first-order chi connectivity index (χ1) is 7.86. The van der Waals surface area contributed by atoms with Gasteiger partial charge in [0.1, 0.15) is 11.3 Å². The van der Waals surface area contributed by atoms with Gasteiger partial charge in [0.25, 0.3) is 0 Å². The van der Waals surface area contributed by atoms with Gasteiger partial charge < -0.3 is 9.88 Å². The van der Waals surface area contributed by atoms with E-state index in [1.807, 2.05) is 18.3 Å². The second kappa shape index (κ2) is 5.07. The predicted octanol–water partition coefficient (Wildman–Crippen LogP) is 1.60. The van der Waals surface area contributed by atoms with Gasteiger partial charge in [0, 0.05) is 25.7 Å². The molecule has 0 aromatic carbocycles. The molecule has 0 aliphatic carbocycles. The van der Waals surface area contributed by atoms with Crippen molar-refractivity contribution in [3.8, 4) is 0 Å². The van der Waals surface area contributed by atoms with E-state index in [1.165, 1.54) is 0 Å². The standard InChI is InChI=1S/C12H18N4/c1-3-13-9-7-11-15-10-6-5-8-14-12(10)16(11)4-2/h5-6,8,13H,3-4,7,9H2,1-2H3. The molecule has 0 aliphatic rings. The molecule has 0 spiro atoms. The van der Waals surface area contributed by atoms with Gasteiger partial charge in [-0.2, -0.15) is 0 Å². The van der Waals surface area contributed by atoms with Gasteiger partial charge in [-0.15, -0.1) is 0 Å². The van der Waals surface area contributed by atoms with Crippen LogP contribution in [0, 0.1) is 0 Å². The van der Waals surface area contributed by atoms with E-state index in [2.05, 4.69) is 33.7 Å². The Labute approximate surface area is 95.7 Å². The van der Waals surface area contributed by atoms with Crippen LogP contribution in [0.15, 0.2) is 18.3 Å². The number of hydrogen-bond acceptors (Lipinski definition) is 3. The Kier molecular flexibility index (Phi) is 3.51. The first-order valence-electron chi connectivity index (χ1n) is 5.87. The third kappa shape index (κ3) is 2.07. The average Bonchev–Trinajstić information content (AvgIpc) is 2.67. The number of likely N-dealkylation sites (N-methyl/N-ethyl adjacent to an activating group) is 1. The van der Waals surface area contributed by atoms with Crippen LogP contribution in [0.25, 0.3) is 11.2 Å². The summed E-state index contributed by atoms with van der Waals surface area (Å²) in [6, 6.07) is 3.95. The van der Waals surface area contributed by atoms with Crippen molar-refractivity contribution in [3.05, 3.63) is 24.2 Å². The lowest BCUT2D eigenvalue weighted by atomic mass is 10.4. The lowest BCUT2D eigenvalue weighted by molar-refractivity contribution is 0.653. The molecule has 16 heavy (non-hydrogen) atoms. The van der Waals surface area contributed by atoms with Gasteiger partial charge in [-0.05, 0) is 25.6 Å². The fraction of sp³-hybridized carbons (Fsp3) is 0.500. The van der Waals surface area contributed by atoms with Crippen LogP contribution in [0.3, 0.4) is 0 Å². The second-order valence-corrected chi connectivity index (χ2v) is 3.72. The minimum atomic E-state index is 0.926. The van der Waals surface area contributed by atoms with E-state index in [1.54, 1.807) is 0 Å². The van der Waals surface area contributed by atoms with Gasteiger partial charge in [-0.25, -0.2) is 9.97 Å². The molecule has 0 saturated carbocycles. The second-order valence-electron chi connectivity index (χ2n) is 3.72. The van der Waals surface area contributed by atoms with Crippen LogP contribution in [-0.2, 0) is 13.0 Å². The molecule has 4 heteroatoms. The minimum Gasteiger partial charge on any atom is -0.317 e. The number of hydrogen-bond donors (Lipinski definition) is 1. The fourth-order valence-electron chi connectivity index (χ4n) is 1.91. The largest absolute Gasteiger partial charge is 0.317 e. The van der Waals surface area contributed by atoms with Crippen LogP contribution in [-0.4, -0.2) is 27.6 Å². The Morgan fingerprint density at radius 1 is 1.38 bits per heavy atom. The summed E-state index contributed by atoms with van der Waals surface area (Å²) in [5.41, 5.74) is 1.99. The molecule has 0 atom stereocenters. The Balaban J connectivity index is 2.29. The van der Waals surface area contributed by atoms with Crippen molar-refractivity contribution in [3.63, 3.8) is 0 Å². The predicted molar refractivity (Wildman–Crippen MR) is 65.4 cm³/mol. The number of nitrogens with zero attached hydrogens (tertiary/aromatic N) is 3. The minimum absolute atomic E-state index is 0.926. The van der Waals surface area contributed by atoms with Crippen molar-refractivity contribution in [2.75, 3.05) is 13.1 Å². The third-order valence-corrected chi connectivity index (χ3v) is 2.67. The summed E-state index contributed by atoms with van der Waals surface area (Å²) >= 11 is 0. The summed E-state index contributed by atoms with van der Waals surface area (Å²) in [5.74, 6) is 1.12. The van der Waals surface area contributed by atoms with Gasteiger partial charge in [0.05, 0.1) is 0 Å². The molecule has 4 nitrogen and oxygen atoms in total. The molecular formula is C12H18N4. The molecule has 0 saturated heterocycles. The maximum absolute atomic E-state index is 4.62. The molecule has 2 aromatic heterocycles. The molecule has 2 rings (SSSR count). The lowest BCUT2D eigenvalue weighted by Crippen LogP contribution is -2.18. The molecule has 2 aromatic rings. The first-order valence-corrected chi connectivity index (χ1v) is 5.87. The van der Waals surface area contributed by atoms with Crippen molar-refractivity contribution < 1.29 is 0 Å². The number of fused-ring (bicyclic) bond motifs is 1. The van der Waals surface area contributed by atoms with E-state index in [9.17, 15) is 0 Å². The summed E-state index contributed by atoms with van der Waals surface area (Å²) in [6.45, 7) is 7.15. The van der Waals surface area contributed by atoms with Gasteiger partial charge in [0.2, 0.25) is 0 Å². The zero-order valence-corrected chi connectivity index (χ0v) is 9.90. The van der Waals surface area contributed by atoms with Gasteiger partial charge >= 0.3 is 0 Å². The number of rotatable bonds is 5. The van der Waals surface area contributed by atoms with E-state index in [0.29, 0.717) is 0 Å². The topological polar surface area (TPSA) is 42.7 Å². The summed E-state index contributed by atoms with van der Waals surface area (Å²) in [5, 5.41) is 3.32. The Morgan fingerprint density at radius 3 is 3.00 bits per heavy atom. The smallest absolute Gasteiger partial charge is 0.159 e. The molecule has 0 amide bonds. The Hall–Kier alpha value is -1.42. The summed E-state index contributed by atoms with van der Waals surface area (Å²) in [4.78, 5) is 9.00. The number of aromatic nitrogens is 3. The molecule has 0 bridgehead atoms.